The fraction of sp³-hybridized carbons (Fsp3) is 0.684. The van der Waals surface area contributed by atoms with Gasteiger partial charge in [-0.1, -0.05) is 49.9 Å². The third-order valence-electron chi connectivity index (χ3n) is 5.57. The predicted molar refractivity (Wildman–Crippen MR) is 87.5 cm³/mol. The lowest BCUT2D eigenvalue weighted by atomic mass is 9.80. The molecule has 0 atom stereocenters. The van der Waals surface area contributed by atoms with Crippen LogP contribution < -0.4 is 0 Å². The van der Waals surface area contributed by atoms with Crippen LogP contribution in [-0.2, 0) is 12.8 Å². The topological polar surface area (TPSA) is 23.5 Å². The molecule has 1 saturated carbocycles. The molecule has 0 radical (unpaired) electrons. The van der Waals surface area contributed by atoms with E-state index in [-0.39, 0.29) is 5.41 Å². The highest BCUT2D eigenvalue weighted by Crippen LogP contribution is 2.35. The molecule has 1 N–H and O–H groups in total. The van der Waals surface area contributed by atoms with E-state index in [4.69, 9.17) is 0 Å². The minimum atomic E-state index is 0.174. The SMILES string of the molecule is OCC1(CN2CCc3ccccc3CC2)CCCCCC1. The monoisotopic (exact) mass is 287 g/mol. The summed E-state index contributed by atoms with van der Waals surface area (Å²) in [5, 5.41) is 10.0. The van der Waals surface area contributed by atoms with Gasteiger partial charge in [0, 0.05) is 31.7 Å². The van der Waals surface area contributed by atoms with E-state index < -0.39 is 0 Å². The summed E-state index contributed by atoms with van der Waals surface area (Å²) in [4.78, 5) is 2.61. The summed E-state index contributed by atoms with van der Waals surface area (Å²) in [5.74, 6) is 0. The zero-order valence-corrected chi connectivity index (χ0v) is 13.2. The van der Waals surface area contributed by atoms with Crippen LogP contribution in [0.2, 0.25) is 0 Å². The number of benzene rings is 1. The molecule has 0 amide bonds. The van der Waals surface area contributed by atoms with E-state index in [0.717, 1.165) is 32.5 Å². The Morgan fingerprint density at radius 1 is 0.905 bits per heavy atom. The van der Waals surface area contributed by atoms with Crippen molar-refractivity contribution in [2.24, 2.45) is 5.41 Å². The highest BCUT2D eigenvalue weighted by Gasteiger charge is 2.32. The molecule has 0 saturated heterocycles. The minimum absolute atomic E-state index is 0.174. The lowest BCUT2D eigenvalue weighted by molar-refractivity contribution is 0.0609. The van der Waals surface area contributed by atoms with E-state index in [1.165, 1.54) is 49.7 Å². The van der Waals surface area contributed by atoms with Crippen molar-refractivity contribution in [3.05, 3.63) is 35.4 Å². The van der Waals surface area contributed by atoms with E-state index in [1.807, 2.05) is 0 Å². The van der Waals surface area contributed by atoms with Gasteiger partial charge in [-0.3, -0.25) is 0 Å². The Kier molecular flexibility index (Phi) is 4.97. The molecule has 1 heterocycles. The van der Waals surface area contributed by atoms with Gasteiger partial charge in [0.05, 0.1) is 0 Å². The Morgan fingerprint density at radius 3 is 2.00 bits per heavy atom. The molecule has 21 heavy (non-hydrogen) atoms. The van der Waals surface area contributed by atoms with Crippen molar-refractivity contribution in [3.8, 4) is 0 Å². The van der Waals surface area contributed by atoms with Gasteiger partial charge in [-0.2, -0.15) is 0 Å². The van der Waals surface area contributed by atoms with Crippen LogP contribution in [0, 0.1) is 5.41 Å². The van der Waals surface area contributed by atoms with Gasteiger partial charge in [0.15, 0.2) is 0 Å². The first-order valence-electron chi connectivity index (χ1n) is 8.71. The maximum absolute atomic E-state index is 10.0. The summed E-state index contributed by atoms with van der Waals surface area (Å²) in [6.07, 6.45) is 10.1. The molecule has 2 aliphatic rings. The highest BCUT2D eigenvalue weighted by atomic mass is 16.3. The molecule has 2 heteroatoms. The summed E-state index contributed by atoms with van der Waals surface area (Å²) in [6.45, 7) is 3.77. The molecular formula is C19H29NO. The second kappa shape index (κ2) is 6.93. The van der Waals surface area contributed by atoms with Gasteiger partial charge in [0.2, 0.25) is 0 Å². The van der Waals surface area contributed by atoms with Crippen LogP contribution in [0.5, 0.6) is 0 Å². The van der Waals surface area contributed by atoms with Crippen molar-refractivity contribution in [2.75, 3.05) is 26.2 Å². The van der Waals surface area contributed by atoms with Crippen LogP contribution in [0.1, 0.15) is 49.7 Å². The quantitative estimate of drug-likeness (QED) is 0.861. The third kappa shape index (κ3) is 3.67. The average Bonchev–Trinajstić information content (AvgIpc) is 2.87. The smallest absolute Gasteiger partial charge is 0.0499 e. The van der Waals surface area contributed by atoms with Gasteiger partial charge in [-0.15, -0.1) is 0 Å². The Labute approximate surface area is 129 Å². The number of aliphatic hydroxyl groups is 1. The first-order valence-corrected chi connectivity index (χ1v) is 8.71. The van der Waals surface area contributed by atoms with E-state index in [0.29, 0.717) is 6.61 Å². The standard InChI is InChI=1S/C19H29NO/c21-16-19(11-5-1-2-6-12-19)15-20-13-9-17-7-3-4-8-18(17)10-14-20/h3-4,7-8,21H,1-2,5-6,9-16H2. The zero-order chi connectivity index (χ0) is 14.5. The van der Waals surface area contributed by atoms with E-state index in [9.17, 15) is 5.11 Å². The Bertz CT molecular complexity index is 422. The van der Waals surface area contributed by atoms with E-state index in [2.05, 4.69) is 29.2 Å². The van der Waals surface area contributed by atoms with Gasteiger partial charge in [-0.05, 0) is 36.8 Å². The lowest BCUT2D eigenvalue weighted by Crippen LogP contribution is -2.41. The second-order valence-corrected chi connectivity index (χ2v) is 7.12. The number of fused-ring (bicyclic) bond motifs is 1. The lowest BCUT2D eigenvalue weighted by Gasteiger charge is -2.36. The molecule has 1 aromatic carbocycles. The maximum Gasteiger partial charge on any atom is 0.0499 e. The summed E-state index contributed by atoms with van der Waals surface area (Å²) in [6, 6.07) is 8.89. The molecule has 116 valence electrons. The average molecular weight is 287 g/mol. The fourth-order valence-corrected chi connectivity index (χ4v) is 4.19. The first-order chi connectivity index (χ1) is 10.3. The summed E-state index contributed by atoms with van der Waals surface area (Å²) >= 11 is 0. The van der Waals surface area contributed by atoms with Gasteiger partial charge in [0.1, 0.15) is 0 Å². The maximum atomic E-state index is 10.0. The number of aliphatic hydroxyl groups excluding tert-OH is 1. The molecular weight excluding hydrogens is 258 g/mol. The van der Waals surface area contributed by atoms with E-state index in [1.54, 1.807) is 0 Å². The number of hydrogen-bond donors (Lipinski definition) is 1. The van der Waals surface area contributed by atoms with Gasteiger partial charge < -0.3 is 10.0 Å². The molecule has 1 aliphatic heterocycles. The van der Waals surface area contributed by atoms with Crippen LogP contribution in [0.15, 0.2) is 24.3 Å². The normalized spacial score (nSPS) is 23.1. The van der Waals surface area contributed by atoms with Crippen molar-refractivity contribution in [1.82, 2.24) is 4.90 Å². The van der Waals surface area contributed by atoms with Gasteiger partial charge in [0.25, 0.3) is 0 Å². The summed E-state index contributed by atoms with van der Waals surface area (Å²) in [7, 11) is 0. The zero-order valence-electron chi connectivity index (χ0n) is 13.2. The molecule has 3 rings (SSSR count). The highest BCUT2D eigenvalue weighted by molar-refractivity contribution is 5.28. The third-order valence-corrected chi connectivity index (χ3v) is 5.57. The van der Waals surface area contributed by atoms with Gasteiger partial charge in [-0.25, -0.2) is 0 Å². The predicted octanol–water partition coefficient (Wildman–Crippen LogP) is 3.42. The van der Waals surface area contributed by atoms with Crippen LogP contribution >= 0.6 is 0 Å². The minimum Gasteiger partial charge on any atom is -0.396 e. The molecule has 0 spiro atoms. The fourth-order valence-electron chi connectivity index (χ4n) is 4.19. The Morgan fingerprint density at radius 2 is 1.48 bits per heavy atom. The van der Waals surface area contributed by atoms with Crippen molar-refractivity contribution in [2.45, 2.75) is 51.4 Å². The molecule has 1 aliphatic carbocycles. The molecule has 0 bridgehead atoms. The van der Waals surface area contributed by atoms with E-state index >= 15 is 0 Å². The first kappa shape index (κ1) is 15.1. The molecule has 2 nitrogen and oxygen atoms in total. The molecule has 1 aromatic rings. The molecule has 1 fully saturated rings. The number of hydrogen-bond acceptors (Lipinski definition) is 2. The Hall–Kier alpha value is -0.860. The number of nitrogens with zero attached hydrogens (tertiary/aromatic N) is 1. The van der Waals surface area contributed by atoms with Crippen LogP contribution in [0.4, 0.5) is 0 Å². The van der Waals surface area contributed by atoms with Crippen LogP contribution in [0.25, 0.3) is 0 Å². The van der Waals surface area contributed by atoms with Crippen molar-refractivity contribution in [3.63, 3.8) is 0 Å². The van der Waals surface area contributed by atoms with Gasteiger partial charge >= 0.3 is 0 Å². The Balaban J connectivity index is 1.65. The van der Waals surface area contributed by atoms with Crippen molar-refractivity contribution < 1.29 is 5.11 Å². The number of rotatable bonds is 3. The summed E-state index contributed by atoms with van der Waals surface area (Å²) < 4.78 is 0. The van der Waals surface area contributed by atoms with Crippen molar-refractivity contribution in [1.29, 1.82) is 0 Å². The largest absolute Gasteiger partial charge is 0.396 e. The summed E-state index contributed by atoms with van der Waals surface area (Å²) in [5.41, 5.74) is 3.23. The van der Waals surface area contributed by atoms with Crippen molar-refractivity contribution >= 4 is 0 Å². The van der Waals surface area contributed by atoms with Crippen LogP contribution in [-0.4, -0.2) is 36.2 Å². The molecule has 0 aromatic heterocycles. The molecule has 0 unspecified atom stereocenters. The van der Waals surface area contributed by atoms with Crippen LogP contribution in [0.3, 0.4) is 0 Å². The second-order valence-electron chi connectivity index (χ2n) is 7.12.